The molecule has 0 aromatic heterocycles. The maximum atomic E-state index is 13.6. The van der Waals surface area contributed by atoms with Crippen molar-refractivity contribution in [3.8, 4) is 0 Å². The van der Waals surface area contributed by atoms with Crippen LogP contribution in [-0.2, 0) is 9.53 Å². The molecular formula is C11H11BrF3NO2. The van der Waals surface area contributed by atoms with Crippen LogP contribution < -0.4 is 5.73 Å². The number of nitrogens with two attached hydrogens (primary N) is 1. The average molecular weight is 326 g/mol. The van der Waals surface area contributed by atoms with Crippen LogP contribution in [0.1, 0.15) is 18.5 Å². The van der Waals surface area contributed by atoms with Gasteiger partial charge in [0.15, 0.2) is 0 Å². The number of hydrogen-bond acceptors (Lipinski definition) is 3. The van der Waals surface area contributed by atoms with E-state index in [0.717, 1.165) is 6.07 Å². The summed E-state index contributed by atoms with van der Waals surface area (Å²) in [6.45, 7) is 1.18. The molecule has 100 valence electrons. The Morgan fingerprint density at radius 3 is 2.72 bits per heavy atom. The molecule has 7 heteroatoms. The molecule has 0 amide bonds. The molecule has 0 saturated carbocycles. The number of benzene rings is 1. The van der Waals surface area contributed by atoms with Gasteiger partial charge in [0.05, 0.1) is 11.1 Å². The summed E-state index contributed by atoms with van der Waals surface area (Å²) >= 11 is 2.86. The minimum absolute atomic E-state index is 0.00453. The summed E-state index contributed by atoms with van der Waals surface area (Å²) in [6.07, 6.45) is 0. The Balaban J connectivity index is 3.09. The Kier molecular flexibility index (Phi) is 4.75. The molecule has 3 nitrogen and oxygen atoms in total. The van der Waals surface area contributed by atoms with Crippen molar-refractivity contribution in [3.63, 3.8) is 0 Å². The van der Waals surface area contributed by atoms with E-state index in [0.29, 0.717) is 0 Å². The monoisotopic (exact) mass is 325 g/mol. The van der Waals surface area contributed by atoms with Crippen LogP contribution in [0.3, 0.4) is 0 Å². The fraction of sp³-hybridized carbons (Fsp3) is 0.364. The van der Waals surface area contributed by atoms with Gasteiger partial charge < -0.3 is 10.5 Å². The molecule has 0 heterocycles. The van der Waals surface area contributed by atoms with Crippen LogP contribution in [0.5, 0.6) is 0 Å². The minimum Gasteiger partial charge on any atom is -0.462 e. The van der Waals surface area contributed by atoms with Crippen LogP contribution in [-0.4, -0.2) is 18.5 Å². The summed E-state index contributed by atoms with van der Waals surface area (Å²) in [5.74, 6) is -6.68. The van der Waals surface area contributed by atoms with Crippen molar-refractivity contribution in [3.05, 3.63) is 34.1 Å². The highest BCUT2D eigenvalue weighted by atomic mass is 79.9. The summed E-state index contributed by atoms with van der Waals surface area (Å²) in [5.41, 5.74) is 4.81. The molecule has 0 saturated heterocycles. The zero-order chi connectivity index (χ0) is 13.9. The van der Waals surface area contributed by atoms with Crippen LogP contribution in [0.25, 0.3) is 0 Å². The third-order valence-corrected chi connectivity index (χ3v) is 2.87. The summed E-state index contributed by atoms with van der Waals surface area (Å²) in [4.78, 5) is 11.1. The quantitative estimate of drug-likeness (QED) is 0.866. The van der Waals surface area contributed by atoms with E-state index in [-0.39, 0.29) is 11.1 Å². The van der Waals surface area contributed by atoms with E-state index in [4.69, 9.17) is 5.73 Å². The molecule has 1 atom stereocenters. The SMILES string of the molecule is CCOC(=O)C(F)(F)[C@H](N)c1cccc(Br)c1F. The summed E-state index contributed by atoms with van der Waals surface area (Å²) in [7, 11) is 0. The third kappa shape index (κ3) is 2.84. The first-order valence-corrected chi connectivity index (χ1v) is 5.86. The van der Waals surface area contributed by atoms with Crippen molar-refractivity contribution in [2.75, 3.05) is 6.61 Å². The predicted octanol–water partition coefficient (Wildman–Crippen LogP) is 2.79. The molecule has 0 aliphatic heterocycles. The van der Waals surface area contributed by atoms with Gasteiger partial charge in [-0.05, 0) is 28.9 Å². The fourth-order valence-corrected chi connectivity index (χ4v) is 1.69. The van der Waals surface area contributed by atoms with E-state index in [2.05, 4.69) is 20.7 Å². The lowest BCUT2D eigenvalue weighted by Crippen LogP contribution is -2.42. The molecule has 0 spiro atoms. The van der Waals surface area contributed by atoms with Gasteiger partial charge in [-0.3, -0.25) is 0 Å². The molecule has 1 aromatic carbocycles. The molecule has 0 unspecified atom stereocenters. The van der Waals surface area contributed by atoms with Crippen molar-refractivity contribution < 1.29 is 22.7 Å². The van der Waals surface area contributed by atoms with Crippen molar-refractivity contribution >= 4 is 21.9 Å². The van der Waals surface area contributed by atoms with Crippen LogP contribution in [0.4, 0.5) is 13.2 Å². The van der Waals surface area contributed by atoms with E-state index in [9.17, 15) is 18.0 Å². The van der Waals surface area contributed by atoms with Gasteiger partial charge in [0, 0.05) is 5.56 Å². The molecule has 0 bridgehead atoms. The second-order valence-electron chi connectivity index (χ2n) is 3.46. The van der Waals surface area contributed by atoms with Crippen LogP contribution in [0.2, 0.25) is 0 Å². The van der Waals surface area contributed by atoms with E-state index in [1.165, 1.54) is 19.1 Å². The van der Waals surface area contributed by atoms with Crippen molar-refractivity contribution in [1.29, 1.82) is 0 Å². The van der Waals surface area contributed by atoms with E-state index >= 15 is 0 Å². The van der Waals surface area contributed by atoms with Gasteiger partial charge in [-0.25, -0.2) is 9.18 Å². The first-order chi connectivity index (χ1) is 8.32. The zero-order valence-corrected chi connectivity index (χ0v) is 11.0. The summed E-state index contributed by atoms with van der Waals surface area (Å²) in [5, 5.41) is 0. The highest BCUT2D eigenvalue weighted by Crippen LogP contribution is 2.33. The third-order valence-electron chi connectivity index (χ3n) is 2.25. The summed E-state index contributed by atoms with van der Waals surface area (Å²) in [6, 6.07) is 1.68. The van der Waals surface area contributed by atoms with Gasteiger partial charge >= 0.3 is 11.9 Å². The highest BCUT2D eigenvalue weighted by molar-refractivity contribution is 9.10. The second-order valence-corrected chi connectivity index (χ2v) is 4.32. The summed E-state index contributed by atoms with van der Waals surface area (Å²) < 4.78 is 45.1. The van der Waals surface area contributed by atoms with Gasteiger partial charge in [0.1, 0.15) is 11.9 Å². The number of hydrogen-bond donors (Lipinski definition) is 1. The van der Waals surface area contributed by atoms with Crippen molar-refractivity contribution in [2.24, 2.45) is 5.73 Å². The maximum Gasteiger partial charge on any atom is 0.379 e. The lowest BCUT2D eigenvalue weighted by molar-refractivity contribution is -0.174. The van der Waals surface area contributed by atoms with E-state index in [1.54, 1.807) is 0 Å². The smallest absolute Gasteiger partial charge is 0.379 e. The predicted molar refractivity (Wildman–Crippen MR) is 62.6 cm³/mol. The zero-order valence-electron chi connectivity index (χ0n) is 9.42. The Morgan fingerprint density at radius 2 is 2.17 bits per heavy atom. The number of carbonyl (C=O) groups excluding carboxylic acids is 1. The van der Waals surface area contributed by atoms with Gasteiger partial charge in [0.25, 0.3) is 0 Å². The first kappa shape index (κ1) is 15.0. The highest BCUT2D eigenvalue weighted by Gasteiger charge is 2.48. The average Bonchev–Trinajstić information content (AvgIpc) is 2.32. The number of alkyl halides is 2. The van der Waals surface area contributed by atoms with E-state index < -0.39 is 29.3 Å². The Hall–Kier alpha value is -1.08. The number of esters is 1. The van der Waals surface area contributed by atoms with Gasteiger partial charge in [-0.15, -0.1) is 0 Å². The molecule has 1 rings (SSSR count). The van der Waals surface area contributed by atoms with E-state index in [1.807, 2.05) is 0 Å². The van der Waals surface area contributed by atoms with Crippen LogP contribution >= 0.6 is 15.9 Å². The molecule has 0 aliphatic carbocycles. The Labute approximate surface area is 110 Å². The molecule has 2 N–H and O–H groups in total. The number of rotatable bonds is 4. The molecule has 0 aliphatic rings. The van der Waals surface area contributed by atoms with Crippen LogP contribution in [0, 0.1) is 5.82 Å². The van der Waals surface area contributed by atoms with Crippen molar-refractivity contribution in [2.45, 2.75) is 18.9 Å². The topological polar surface area (TPSA) is 52.3 Å². The fourth-order valence-electron chi connectivity index (χ4n) is 1.31. The molecule has 1 aromatic rings. The number of ether oxygens (including phenoxy) is 1. The second kappa shape index (κ2) is 5.71. The molecule has 0 fully saturated rings. The maximum absolute atomic E-state index is 13.6. The lowest BCUT2D eigenvalue weighted by atomic mass is 10.0. The molecule has 18 heavy (non-hydrogen) atoms. The normalized spacial score (nSPS) is 13.2. The van der Waals surface area contributed by atoms with Gasteiger partial charge in [-0.2, -0.15) is 8.78 Å². The first-order valence-electron chi connectivity index (χ1n) is 5.06. The number of carbonyl (C=O) groups is 1. The molecular weight excluding hydrogens is 315 g/mol. The number of halogens is 4. The Morgan fingerprint density at radius 1 is 1.56 bits per heavy atom. The van der Waals surface area contributed by atoms with Crippen LogP contribution in [0.15, 0.2) is 22.7 Å². The molecule has 0 radical (unpaired) electrons. The standard InChI is InChI=1S/C11H11BrF3NO2/c1-2-18-10(17)11(14,15)9(16)6-4-3-5-7(12)8(6)13/h3-5,9H,2,16H2,1H3/t9-/m1/s1. The Bertz CT molecular complexity index is 454. The lowest BCUT2D eigenvalue weighted by Gasteiger charge is -2.22. The van der Waals surface area contributed by atoms with Gasteiger partial charge in [0.2, 0.25) is 0 Å². The largest absolute Gasteiger partial charge is 0.462 e. The minimum atomic E-state index is -3.99. The van der Waals surface area contributed by atoms with Gasteiger partial charge in [-0.1, -0.05) is 12.1 Å². The van der Waals surface area contributed by atoms with Crippen molar-refractivity contribution in [1.82, 2.24) is 0 Å².